The zero-order valence-electron chi connectivity index (χ0n) is 13.8. The zero-order valence-corrected chi connectivity index (χ0v) is 13.8. The van der Waals surface area contributed by atoms with Crippen LogP contribution in [0.4, 0.5) is 5.69 Å². The van der Waals surface area contributed by atoms with Crippen molar-refractivity contribution >= 4 is 11.6 Å². The molecule has 120 valence electrons. The molecule has 0 heterocycles. The molecule has 1 N–H and O–H groups in total. The van der Waals surface area contributed by atoms with Crippen LogP contribution in [-0.4, -0.2) is 12.5 Å². The van der Waals surface area contributed by atoms with E-state index >= 15 is 0 Å². The van der Waals surface area contributed by atoms with Crippen molar-refractivity contribution in [3.05, 3.63) is 59.2 Å². The Labute approximate surface area is 137 Å². The van der Waals surface area contributed by atoms with Gasteiger partial charge in [0.2, 0.25) is 5.91 Å². The normalized spacial score (nSPS) is 16.0. The maximum absolute atomic E-state index is 12.5. The number of ether oxygens (including phenoxy) is 1. The maximum atomic E-state index is 12.5. The van der Waals surface area contributed by atoms with Crippen LogP contribution >= 0.6 is 0 Å². The molecule has 3 rings (SSSR count). The Bertz CT molecular complexity index is 709. The van der Waals surface area contributed by atoms with E-state index in [1.807, 2.05) is 32.0 Å². The first-order valence-electron chi connectivity index (χ1n) is 8.28. The van der Waals surface area contributed by atoms with Crippen molar-refractivity contribution in [3.8, 4) is 5.75 Å². The number of aryl methyl sites for hydroxylation is 2. The summed E-state index contributed by atoms with van der Waals surface area (Å²) < 4.78 is 5.63. The van der Waals surface area contributed by atoms with Crippen LogP contribution in [0.3, 0.4) is 0 Å². The van der Waals surface area contributed by atoms with E-state index in [1.165, 1.54) is 11.1 Å². The fourth-order valence-electron chi connectivity index (χ4n) is 3.29. The topological polar surface area (TPSA) is 38.3 Å². The Morgan fingerprint density at radius 2 is 2.09 bits per heavy atom. The molecule has 23 heavy (non-hydrogen) atoms. The first-order chi connectivity index (χ1) is 11.2. The van der Waals surface area contributed by atoms with Crippen LogP contribution in [-0.2, 0) is 11.2 Å². The molecule has 2 aromatic carbocycles. The Morgan fingerprint density at radius 1 is 1.26 bits per heavy atom. The van der Waals surface area contributed by atoms with Crippen LogP contribution in [0, 0.1) is 6.92 Å². The summed E-state index contributed by atoms with van der Waals surface area (Å²) in [4.78, 5) is 12.5. The maximum Gasteiger partial charge on any atom is 0.225 e. The van der Waals surface area contributed by atoms with Crippen molar-refractivity contribution < 1.29 is 9.53 Å². The summed E-state index contributed by atoms with van der Waals surface area (Å²) >= 11 is 0. The minimum atomic E-state index is 0.0523. The smallest absolute Gasteiger partial charge is 0.225 e. The highest BCUT2D eigenvalue weighted by Gasteiger charge is 2.24. The number of carbonyl (C=O) groups is 1. The number of nitrogens with one attached hydrogen (secondary N) is 1. The molecule has 1 unspecified atom stereocenters. The van der Waals surface area contributed by atoms with E-state index in [0.717, 1.165) is 29.8 Å². The number of carbonyl (C=O) groups excluding carboxylic acids is 1. The van der Waals surface area contributed by atoms with Crippen LogP contribution in [0.15, 0.2) is 42.5 Å². The van der Waals surface area contributed by atoms with Gasteiger partial charge in [0.25, 0.3) is 0 Å². The highest BCUT2D eigenvalue weighted by molar-refractivity contribution is 5.93. The molecule has 0 aliphatic heterocycles. The summed E-state index contributed by atoms with van der Waals surface area (Å²) in [5.74, 6) is 1.12. The summed E-state index contributed by atoms with van der Waals surface area (Å²) in [5.41, 5.74) is 4.59. The van der Waals surface area contributed by atoms with Gasteiger partial charge in [-0.2, -0.15) is 0 Å². The summed E-state index contributed by atoms with van der Waals surface area (Å²) in [6, 6.07) is 14.3. The lowest BCUT2D eigenvalue weighted by molar-refractivity contribution is -0.116. The third-order valence-electron chi connectivity index (χ3n) is 4.40. The van der Waals surface area contributed by atoms with Crippen molar-refractivity contribution in [2.45, 2.75) is 39.0 Å². The Balaban J connectivity index is 1.69. The van der Waals surface area contributed by atoms with Gasteiger partial charge in [-0.3, -0.25) is 4.79 Å². The highest BCUT2D eigenvalue weighted by Crippen LogP contribution is 2.35. The number of rotatable bonds is 5. The molecule has 0 saturated heterocycles. The molecule has 0 radical (unpaired) electrons. The summed E-state index contributed by atoms with van der Waals surface area (Å²) in [6.07, 6.45) is 2.65. The zero-order chi connectivity index (χ0) is 16.2. The van der Waals surface area contributed by atoms with Crippen molar-refractivity contribution in [3.63, 3.8) is 0 Å². The van der Waals surface area contributed by atoms with Gasteiger partial charge in [-0.25, -0.2) is 0 Å². The van der Waals surface area contributed by atoms with Gasteiger partial charge >= 0.3 is 0 Å². The van der Waals surface area contributed by atoms with Crippen molar-refractivity contribution in [2.75, 3.05) is 11.9 Å². The summed E-state index contributed by atoms with van der Waals surface area (Å²) in [5, 5.41) is 3.02. The number of amides is 1. The molecule has 3 heteroatoms. The fourth-order valence-corrected chi connectivity index (χ4v) is 3.29. The van der Waals surface area contributed by atoms with Gasteiger partial charge in [0.05, 0.1) is 12.3 Å². The van der Waals surface area contributed by atoms with Gasteiger partial charge in [0, 0.05) is 6.42 Å². The van der Waals surface area contributed by atoms with Crippen LogP contribution in [0.5, 0.6) is 5.75 Å². The Hall–Kier alpha value is -2.29. The first kappa shape index (κ1) is 15.6. The van der Waals surface area contributed by atoms with E-state index in [4.69, 9.17) is 4.74 Å². The number of hydrogen-bond acceptors (Lipinski definition) is 2. The van der Waals surface area contributed by atoms with Crippen LogP contribution in [0.1, 0.15) is 42.4 Å². The second kappa shape index (κ2) is 6.86. The van der Waals surface area contributed by atoms with E-state index < -0.39 is 0 Å². The lowest BCUT2D eigenvalue weighted by atomic mass is 9.97. The molecule has 0 fully saturated rings. The van der Waals surface area contributed by atoms with Crippen LogP contribution in [0.2, 0.25) is 0 Å². The lowest BCUT2D eigenvalue weighted by Crippen LogP contribution is -2.15. The molecule has 0 saturated carbocycles. The van der Waals surface area contributed by atoms with Gasteiger partial charge in [-0.15, -0.1) is 0 Å². The van der Waals surface area contributed by atoms with Crippen LogP contribution < -0.4 is 10.1 Å². The predicted octanol–water partition coefficient (Wildman–Crippen LogP) is 4.45. The van der Waals surface area contributed by atoms with Gasteiger partial charge < -0.3 is 10.1 Å². The minimum Gasteiger partial charge on any atom is -0.492 e. The van der Waals surface area contributed by atoms with Crippen molar-refractivity contribution in [1.82, 2.24) is 0 Å². The summed E-state index contributed by atoms with van der Waals surface area (Å²) in [6.45, 7) is 4.55. The monoisotopic (exact) mass is 309 g/mol. The van der Waals surface area contributed by atoms with E-state index in [1.54, 1.807) is 0 Å². The molecule has 1 atom stereocenters. The number of anilines is 1. The second-order valence-corrected chi connectivity index (χ2v) is 6.12. The van der Waals surface area contributed by atoms with E-state index in [9.17, 15) is 4.79 Å². The van der Waals surface area contributed by atoms with E-state index in [0.29, 0.717) is 18.9 Å². The minimum absolute atomic E-state index is 0.0523. The average molecular weight is 309 g/mol. The van der Waals surface area contributed by atoms with Gasteiger partial charge in [0.15, 0.2) is 0 Å². The molecule has 1 aliphatic carbocycles. The molecular formula is C20H23NO2. The third kappa shape index (κ3) is 3.55. The second-order valence-electron chi connectivity index (χ2n) is 6.12. The molecule has 0 aromatic heterocycles. The van der Waals surface area contributed by atoms with E-state index in [-0.39, 0.29) is 5.91 Å². The number of hydrogen-bond donors (Lipinski definition) is 1. The number of fused-ring (bicyclic) bond motifs is 1. The van der Waals surface area contributed by atoms with Gasteiger partial charge in [-0.1, -0.05) is 30.3 Å². The fraction of sp³-hybridized carbons (Fsp3) is 0.350. The van der Waals surface area contributed by atoms with Crippen molar-refractivity contribution in [2.24, 2.45) is 0 Å². The molecule has 0 bridgehead atoms. The SMILES string of the molecule is CCOc1cc(C)ccc1NC(=O)CC1CCc2ccccc21. The summed E-state index contributed by atoms with van der Waals surface area (Å²) in [7, 11) is 0. The van der Waals surface area contributed by atoms with Crippen LogP contribution in [0.25, 0.3) is 0 Å². The lowest BCUT2D eigenvalue weighted by Gasteiger charge is -2.15. The molecule has 3 nitrogen and oxygen atoms in total. The highest BCUT2D eigenvalue weighted by atomic mass is 16.5. The van der Waals surface area contributed by atoms with Gasteiger partial charge in [0.1, 0.15) is 5.75 Å². The molecule has 1 aliphatic rings. The third-order valence-corrected chi connectivity index (χ3v) is 4.40. The average Bonchev–Trinajstić information content (AvgIpc) is 2.93. The van der Waals surface area contributed by atoms with Gasteiger partial charge in [-0.05, 0) is 61.4 Å². The first-order valence-corrected chi connectivity index (χ1v) is 8.28. The van der Waals surface area contributed by atoms with Crippen molar-refractivity contribution in [1.29, 1.82) is 0 Å². The standard InChI is InChI=1S/C20H23NO2/c1-3-23-19-12-14(2)8-11-18(19)21-20(22)13-16-10-9-15-6-4-5-7-17(15)16/h4-8,11-12,16H,3,9-10,13H2,1-2H3,(H,21,22). The Kier molecular flexibility index (Phi) is 4.65. The quantitative estimate of drug-likeness (QED) is 0.886. The largest absolute Gasteiger partial charge is 0.492 e. The van der Waals surface area contributed by atoms with E-state index in [2.05, 4.69) is 29.6 Å². The molecule has 2 aromatic rings. The molecule has 0 spiro atoms. The number of benzene rings is 2. The molecular weight excluding hydrogens is 286 g/mol. The predicted molar refractivity (Wildman–Crippen MR) is 93.1 cm³/mol. The Morgan fingerprint density at radius 3 is 2.91 bits per heavy atom. The molecule has 1 amide bonds.